The lowest BCUT2D eigenvalue weighted by molar-refractivity contribution is 0.0326. The molecule has 0 spiro atoms. The molecule has 2 aromatic rings. The van der Waals surface area contributed by atoms with Crippen LogP contribution in [0.25, 0.3) is 0 Å². The van der Waals surface area contributed by atoms with Gasteiger partial charge in [-0.3, -0.25) is 0 Å². The fraction of sp³-hybridized carbons (Fsp3) is 0.478. The van der Waals surface area contributed by atoms with Gasteiger partial charge in [0.15, 0.2) is 0 Å². The van der Waals surface area contributed by atoms with Gasteiger partial charge in [0.05, 0.1) is 23.3 Å². The summed E-state index contributed by atoms with van der Waals surface area (Å²) in [5.74, 6) is 1.94. The number of benzene rings is 2. The van der Waals surface area contributed by atoms with E-state index >= 15 is 0 Å². The van der Waals surface area contributed by atoms with Gasteiger partial charge in [-0.1, -0.05) is 56.1 Å². The first kappa shape index (κ1) is 25.1. The fourth-order valence-corrected chi connectivity index (χ4v) is 3.44. The zero-order chi connectivity index (χ0) is 22.3. The third-order valence-electron chi connectivity index (χ3n) is 4.88. The molecular weight excluding hydrogens is 447 g/mol. The zero-order valence-electron chi connectivity index (χ0n) is 17.8. The number of rotatable bonds is 11. The topological polar surface area (TPSA) is 47.9 Å². The molecular formula is C23H29Cl3O4. The average molecular weight is 476 g/mol. The van der Waals surface area contributed by atoms with Crippen molar-refractivity contribution in [1.29, 1.82) is 0 Å². The third-order valence-corrected chi connectivity index (χ3v) is 6.00. The Bertz CT molecular complexity index is 826. The molecule has 0 unspecified atom stereocenters. The highest BCUT2D eigenvalue weighted by molar-refractivity contribution is 6.32. The lowest BCUT2D eigenvalue weighted by Gasteiger charge is -2.27. The van der Waals surface area contributed by atoms with Gasteiger partial charge in [-0.25, -0.2) is 0 Å². The maximum atomic E-state index is 9.74. The Morgan fingerprint density at radius 3 is 1.83 bits per heavy atom. The standard InChI is InChI=1S/C23H29Cl3O4/c1-15(11-24)12-29-21-7-5-16(9-19(21)25)23(2,3)17-6-8-22(20(26)10-17)30-14-18(27)13-28-4/h5-10,15,18,27H,11-14H2,1-4H3/t15-,18+/m1/s1. The van der Waals surface area contributed by atoms with Gasteiger partial charge in [-0.15, -0.1) is 11.6 Å². The lowest BCUT2D eigenvalue weighted by Crippen LogP contribution is -2.23. The minimum absolute atomic E-state index is 0.107. The summed E-state index contributed by atoms with van der Waals surface area (Å²) in [4.78, 5) is 0. The molecule has 0 saturated heterocycles. The van der Waals surface area contributed by atoms with Crippen LogP contribution in [0.15, 0.2) is 36.4 Å². The Morgan fingerprint density at radius 1 is 0.900 bits per heavy atom. The van der Waals surface area contributed by atoms with E-state index in [4.69, 9.17) is 49.0 Å². The number of halogens is 3. The number of alkyl halides is 1. The van der Waals surface area contributed by atoms with Crippen LogP contribution in [0.3, 0.4) is 0 Å². The van der Waals surface area contributed by atoms with Crippen molar-refractivity contribution in [2.75, 3.05) is 32.8 Å². The predicted molar refractivity (Wildman–Crippen MR) is 124 cm³/mol. The van der Waals surface area contributed by atoms with E-state index in [1.54, 1.807) is 0 Å². The molecule has 1 N–H and O–H groups in total. The van der Waals surface area contributed by atoms with Crippen molar-refractivity contribution in [3.8, 4) is 11.5 Å². The summed E-state index contributed by atoms with van der Waals surface area (Å²) < 4.78 is 16.3. The summed E-state index contributed by atoms with van der Waals surface area (Å²) in [6, 6.07) is 11.5. The Hall–Kier alpha value is -1.17. The van der Waals surface area contributed by atoms with Gasteiger partial charge in [0.25, 0.3) is 0 Å². The van der Waals surface area contributed by atoms with E-state index in [1.165, 1.54) is 7.11 Å². The summed E-state index contributed by atoms with van der Waals surface area (Å²) in [5.41, 5.74) is 1.70. The molecule has 0 aliphatic carbocycles. The molecule has 0 aliphatic rings. The monoisotopic (exact) mass is 474 g/mol. The van der Waals surface area contributed by atoms with Gasteiger partial charge in [-0.05, 0) is 35.4 Å². The van der Waals surface area contributed by atoms with Crippen LogP contribution in [0.2, 0.25) is 10.0 Å². The second-order valence-corrected chi connectivity index (χ2v) is 9.03. The maximum absolute atomic E-state index is 9.74. The molecule has 30 heavy (non-hydrogen) atoms. The highest BCUT2D eigenvalue weighted by atomic mass is 35.5. The van der Waals surface area contributed by atoms with Crippen LogP contribution in [-0.4, -0.2) is 44.0 Å². The Balaban J connectivity index is 2.16. The van der Waals surface area contributed by atoms with Gasteiger partial charge in [0, 0.05) is 24.3 Å². The lowest BCUT2D eigenvalue weighted by atomic mass is 9.78. The minimum Gasteiger partial charge on any atom is -0.492 e. The summed E-state index contributed by atoms with van der Waals surface area (Å²) >= 11 is 18.7. The Labute approximate surface area is 194 Å². The molecule has 2 aromatic carbocycles. The van der Waals surface area contributed by atoms with E-state index in [0.717, 1.165) is 11.1 Å². The first-order valence-corrected chi connectivity index (χ1v) is 11.1. The second kappa shape index (κ2) is 11.4. The van der Waals surface area contributed by atoms with Crippen LogP contribution in [0, 0.1) is 5.92 Å². The molecule has 4 nitrogen and oxygen atoms in total. The highest BCUT2D eigenvalue weighted by Crippen LogP contribution is 2.38. The predicted octanol–water partition coefficient (Wildman–Crippen LogP) is 5.96. The van der Waals surface area contributed by atoms with Crippen LogP contribution in [0.1, 0.15) is 31.9 Å². The molecule has 7 heteroatoms. The number of hydrogen-bond donors (Lipinski definition) is 1. The average Bonchev–Trinajstić information content (AvgIpc) is 2.71. The first-order valence-electron chi connectivity index (χ1n) is 9.77. The molecule has 0 aliphatic heterocycles. The molecule has 0 bridgehead atoms. The summed E-state index contributed by atoms with van der Waals surface area (Å²) in [6.07, 6.45) is -0.711. The third kappa shape index (κ3) is 6.66. The van der Waals surface area contributed by atoms with Crippen molar-refractivity contribution in [3.05, 3.63) is 57.6 Å². The van der Waals surface area contributed by atoms with Crippen molar-refractivity contribution in [3.63, 3.8) is 0 Å². The van der Waals surface area contributed by atoms with Crippen LogP contribution >= 0.6 is 34.8 Å². The van der Waals surface area contributed by atoms with Crippen molar-refractivity contribution in [1.82, 2.24) is 0 Å². The van der Waals surface area contributed by atoms with Crippen molar-refractivity contribution < 1.29 is 19.3 Å². The second-order valence-electron chi connectivity index (χ2n) is 7.91. The van der Waals surface area contributed by atoms with Crippen LogP contribution in [0.5, 0.6) is 11.5 Å². The Morgan fingerprint density at radius 2 is 1.40 bits per heavy atom. The highest BCUT2D eigenvalue weighted by Gasteiger charge is 2.25. The van der Waals surface area contributed by atoms with Gasteiger partial charge >= 0.3 is 0 Å². The maximum Gasteiger partial charge on any atom is 0.138 e. The van der Waals surface area contributed by atoms with Gasteiger partial charge in [-0.2, -0.15) is 0 Å². The van der Waals surface area contributed by atoms with E-state index in [9.17, 15) is 5.11 Å². The molecule has 0 fully saturated rings. The smallest absolute Gasteiger partial charge is 0.138 e. The molecule has 166 valence electrons. The van der Waals surface area contributed by atoms with E-state index in [-0.39, 0.29) is 24.5 Å². The first-order chi connectivity index (χ1) is 14.2. The number of hydrogen-bond acceptors (Lipinski definition) is 4. The fourth-order valence-electron chi connectivity index (χ4n) is 2.88. The van der Waals surface area contributed by atoms with Gasteiger partial charge in [0.2, 0.25) is 0 Å². The SMILES string of the molecule is COC[C@H](O)COc1ccc(C(C)(C)c2ccc(OC[C@H](C)CCl)c(Cl)c2)cc1Cl. The van der Waals surface area contributed by atoms with Crippen LogP contribution in [-0.2, 0) is 10.2 Å². The summed E-state index contributed by atoms with van der Waals surface area (Å²) in [7, 11) is 1.53. The Kier molecular flexibility index (Phi) is 9.58. The van der Waals surface area contributed by atoms with Crippen LogP contribution < -0.4 is 9.47 Å². The molecule has 0 amide bonds. The largest absolute Gasteiger partial charge is 0.492 e. The molecule has 0 heterocycles. The molecule has 0 radical (unpaired) electrons. The number of ether oxygens (including phenoxy) is 3. The molecule has 0 saturated carbocycles. The van der Waals surface area contributed by atoms with E-state index in [2.05, 4.69) is 13.8 Å². The van der Waals surface area contributed by atoms with Crippen LogP contribution in [0.4, 0.5) is 0 Å². The quantitative estimate of drug-likeness (QED) is 0.407. The van der Waals surface area contributed by atoms with Crippen molar-refractivity contribution >= 4 is 34.8 Å². The minimum atomic E-state index is -0.711. The van der Waals surface area contributed by atoms with E-state index < -0.39 is 6.10 Å². The molecule has 2 atom stereocenters. The number of aliphatic hydroxyl groups excluding tert-OH is 1. The van der Waals surface area contributed by atoms with E-state index in [0.29, 0.717) is 34.0 Å². The van der Waals surface area contributed by atoms with E-state index in [1.807, 2.05) is 43.3 Å². The van der Waals surface area contributed by atoms with Gasteiger partial charge < -0.3 is 19.3 Å². The summed E-state index contributed by atoms with van der Waals surface area (Å²) in [6.45, 7) is 7.05. The number of aliphatic hydroxyl groups is 1. The van der Waals surface area contributed by atoms with Crippen molar-refractivity contribution in [2.45, 2.75) is 32.3 Å². The summed E-state index contributed by atoms with van der Waals surface area (Å²) in [5, 5.41) is 10.8. The number of methoxy groups -OCH3 is 1. The zero-order valence-corrected chi connectivity index (χ0v) is 20.0. The normalized spacial score (nSPS) is 13.7. The molecule has 2 rings (SSSR count). The van der Waals surface area contributed by atoms with Gasteiger partial charge in [0.1, 0.15) is 24.2 Å². The molecule has 0 aromatic heterocycles. The van der Waals surface area contributed by atoms with Crippen molar-refractivity contribution in [2.24, 2.45) is 5.92 Å².